The van der Waals surface area contributed by atoms with Crippen LogP contribution < -0.4 is 0 Å². The largest absolute Gasteiger partial charge is 0.384 e. The standard InChI is InChI=1S/C20H20F2O3/c21-20(22)12-11-17(24-13-15-7-3-1-4-8-15)18(19(20)23)25-14-16-9-5-2-6-10-16/h1-12,17-19,23H,13-14H2/t17?,18-,19?/m1/s1. The molecule has 0 saturated carbocycles. The summed E-state index contributed by atoms with van der Waals surface area (Å²) in [6.07, 6.45) is -1.90. The van der Waals surface area contributed by atoms with Gasteiger partial charge in [-0.3, -0.25) is 0 Å². The van der Waals surface area contributed by atoms with Gasteiger partial charge in [-0.2, -0.15) is 8.78 Å². The Balaban J connectivity index is 1.69. The van der Waals surface area contributed by atoms with Crippen LogP contribution in [0.3, 0.4) is 0 Å². The zero-order valence-corrected chi connectivity index (χ0v) is 13.6. The molecule has 1 aliphatic rings. The molecule has 2 aromatic rings. The summed E-state index contributed by atoms with van der Waals surface area (Å²) in [4.78, 5) is 0. The summed E-state index contributed by atoms with van der Waals surface area (Å²) in [7, 11) is 0. The van der Waals surface area contributed by atoms with Crippen LogP contribution in [0.4, 0.5) is 8.78 Å². The van der Waals surface area contributed by atoms with Gasteiger partial charge < -0.3 is 14.6 Å². The SMILES string of the molecule is OC1[C@H](OCc2ccccc2)C(OCc2ccccc2)C=CC1(F)F. The molecule has 0 aliphatic heterocycles. The van der Waals surface area contributed by atoms with E-state index in [2.05, 4.69) is 0 Å². The van der Waals surface area contributed by atoms with Crippen molar-refractivity contribution >= 4 is 0 Å². The summed E-state index contributed by atoms with van der Waals surface area (Å²) >= 11 is 0. The van der Waals surface area contributed by atoms with E-state index < -0.39 is 24.2 Å². The second-order valence-corrected chi connectivity index (χ2v) is 6.00. The van der Waals surface area contributed by atoms with Gasteiger partial charge in [0.05, 0.1) is 13.2 Å². The fraction of sp³-hybridized carbons (Fsp3) is 0.300. The van der Waals surface area contributed by atoms with Gasteiger partial charge in [0.1, 0.15) is 12.2 Å². The molecular formula is C20H20F2O3. The Morgan fingerprint density at radius 1 is 0.840 bits per heavy atom. The van der Waals surface area contributed by atoms with Gasteiger partial charge in [-0.15, -0.1) is 0 Å². The number of alkyl halides is 2. The average molecular weight is 346 g/mol. The highest BCUT2D eigenvalue weighted by atomic mass is 19.3. The molecule has 2 aromatic carbocycles. The van der Waals surface area contributed by atoms with Gasteiger partial charge in [-0.05, 0) is 17.2 Å². The maximum absolute atomic E-state index is 13.8. The number of hydrogen-bond donors (Lipinski definition) is 1. The van der Waals surface area contributed by atoms with E-state index in [1.807, 2.05) is 60.7 Å². The topological polar surface area (TPSA) is 38.7 Å². The molecule has 2 unspecified atom stereocenters. The maximum atomic E-state index is 13.8. The third-order valence-corrected chi connectivity index (χ3v) is 4.11. The lowest BCUT2D eigenvalue weighted by Gasteiger charge is -2.36. The zero-order valence-electron chi connectivity index (χ0n) is 13.6. The van der Waals surface area contributed by atoms with Crippen molar-refractivity contribution < 1.29 is 23.4 Å². The fourth-order valence-corrected chi connectivity index (χ4v) is 2.70. The van der Waals surface area contributed by atoms with E-state index in [0.717, 1.165) is 11.1 Å². The maximum Gasteiger partial charge on any atom is 0.294 e. The quantitative estimate of drug-likeness (QED) is 0.810. The summed E-state index contributed by atoms with van der Waals surface area (Å²) in [6.45, 7) is 0.372. The molecular weight excluding hydrogens is 326 g/mol. The molecule has 3 rings (SSSR count). The van der Waals surface area contributed by atoms with Crippen LogP contribution in [0.5, 0.6) is 0 Å². The first kappa shape index (κ1) is 17.7. The summed E-state index contributed by atoms with van der Waals surface area (Å²) < 4.78 is 39.0. The molecule has 0 amide bonds. The molecule has 5 heteroatoms. The Bertz CT molecular complexity index is 689. The molecule has 0 aromatic heterocycles. The lowest BCUT2D eigenvalue weighted by Crippen LogP contribution is -2.52. The first-order valence-electron chi connectivity index (χ1n) is 8.12. The Hall–Kier alpha value is -2.08. The number of benzene rings is 2. The van der Waals surface area contributed by atoms with Crippen molar-refractivity contribution in [1.29, 1.82) is 0 Å². The molecule has 0 radical (unpaired) electrons. The zero-order chi connectivity index (χ0) is 17.7. The Kier molecular flexibility index (Phi) is 5.58. The number of rotatable bonds is 6. The van der Waals surface area contributed by atoms with Gasteiger partial charge in [-0.1, -0.05) is 66.7 Å². The van der Waals surface area contributed by atoms with E-state index in [0.29, 0.717) is 6.08 Å². The smallest absolute Gasteiger partial charge is 0.294 e. The molecule has 25 heavy (non-hydrogen) atoms. The summed E-state index contributed by atoms with van der Waals surface area (Å²) in [5, 5.41) is 10.0. The van der Waals surface area contributed by atoms with E-state index in [-0.39, 0.29) is 13.2 Å². The van der Waals surface area contributed by atoms with Gasteiger partial charge in [0.25, 0.3) is 5.92 Å². The summed E-state index contributed by atoms with van der Waals surface area (Å²) in [5.41, 5.74) is 1.76. The van der Waals surface area contributed by atoms with Gasteiger partial charge >= 0.3 is 0 Å². The van der Waals surface area contributed by atoms with Crippen molar-refractivity contribution in [3.63, 3.8) is 0 Å². The van der Waals surface area contributed by atoms with E-state index in [9.17, 15) is 13.9 Å². The van der Waals surface area contributed by atoms with Crippen LogP contribution in [-0.2, 0) is 22.7 Å². The Morgan fingerprint density at radius 2 is 1.36 bits per heavy atom. The first-order chi connectivity index (χ1) is 12.1. The molecule has 0 bridgehead atoms. The van der Waals surface area contributed by atoms with Crippen LogP contribution in [0.2, 0.25) is 0 Å². The van der Waals surface area contributed by atoms with E-state index in [1.165, 1.54) is 6.08 Å². The van der Waals surface area contributed by atoms with Crippen molar-refractivity contribution in [3.8, 4) is 0 Å². The third-order valence-electron chi connectivity index (χ3n) is 4.11. The lowest BCUT2D eigenvalue weighted by atomic mass is 9.95. The fourth-order valence-electron chi connectivity index (χ4n) is 2.70. The molecule has 0 saturated heterocycles. The van der Waals surface area contributed by atoms with Crippen LogP contribution >= 0.6 is 0 Å². The summed E-state index contributed by atoms with van der Waals surface area (Å²) in [6, 6.07) is 18.6. The molecule has 0 fully saturated rings. The minimum absolute atomic E-state index is 0.123. The van der Waals surface area contributed by atoms with Crippen LogP contribution in [0, 0.1) is 0 Å². The number of ether oxygens (including phenoxy) is 2. The predicted molar refractivity (Wildman–Crippen MR) is 90.1 cm³/mol. The summed E-state index contributed by atoms with van der Waals surface area (Å²) in [5.74, 6) is -3.34. The second-order valence-electron chi connectivity index (χ2n) is 6.00. The molecule has 3 nitrogen and oxygen atoms in total. The highest BCUT2D eigenvalue weighted by Crippen LogP contribution is 2.32. The highest BCUT2D eigenvalue weighted by molar-refractivity contribution is 5.17. The molecule has 1 aliphatic carbocycles. The normalized spacial score (nSPS) is 25.0. The van der Waals surface area contributed by atoms with Gasteiger partial charge in [0.15, 0.2) is 6.10 Å². The molecule has 0 heterocycles. The number of hydrogen-bond acceptors (Lipinski definition) is 3. The lowest BCUT2D eigenvalue weighted by molar-refractivity contribution is -0.186. The number of aliphatic hydroxyl groups is 1. The molecule has 1 N–H and O–H groups in total. The van der Waals surface area contributed by atoms with Crippen molar-refractivity contribution in [2.24, 2.45) is 0 Å². The van der Waals surface area contributed by atoms with Gasteiger partial charge in [0.2, 0.25) is 0 Å². The minimum atomic E-state index is -3.34. The Morgan fingerprint density at radius 3 is 1.92 bits per heavy atom. The van der Waals surface area contributed by atoms with Crippen molar-refractivity contribution in [3.05, 3.63) is 83.9 Å². The van der Waals surface area contributed by atoms with Crippen LogP contribution in [0.15, 0.2) is 72.8 Å². The van der Waals surface area contributed by atoms with Gasteiger partial charge in [-0.25, -0.2) is 0 Å². The van der Waals surface area contributed by atoms with Crippen LogP contribution in [-0.4, -0.2) is 29.3 Å². The molecule has 132 valence electrons. The van der Waals surface area contributed by atoms with Crippen molar-refractivity contribution in [1.82, 2.24) is 0 Å². The second kappa shape index (κ2) is 7.87. The predicted octanol–water partition coefficient (Wildman–Crippen LogP) is 3.72. The van der Waals surface area contributed by atoms with Crippen LogP contribution in [0.1, 0.15) is 11.1 Å². The average Bonchev–Trinajstić information content (AvgIpc) is 2.64. The number of halogens is 2. The van der Waals surface area contributed by atoms with Crippen molar-refractivity contribution in [2.75, 3.05) is 0 Å². The first-order valence-corrected chi connectivity index (χ1v) is 8.12. The highest BCUT2D eigenvalue weighted by Gasteiger charge is 2.48. The number of aliphatic hydroxyl groups excluding tert-OH is 1. The van der Waals surface area contributed by atoms with Crippen molar-refractivity contribution in [2.45, 2.75) is 37.4 Å². The van der Waals surface area contributed by atoms with Crippen LogP contribution in [0.25, 0.3) is 0 Å². The van der Waals surface area contributed by atoms with E-state index in [1.54, 1.807) is 0 Å². The monoisotopic (exact) mass is 346 g/mol. The minimum Gasteiger partial charge on any atom is -0.384 e. The van der Waals surface area contributed by atoms with Gasteiger partial charge in [0, 0.05) is 0 Å². The van der Waals surface area contributed by atoms with E-state index >= 15 is 0 Å². The molecule has 0 spiro atoms. The Labute approximate surface area is 145 Å². The third kappa shape index (κ3) is 4.51. The molecule has 3 atom stereocenters. The van der Waals surface area contributed by atoms with E-state index in [4.69, 9.17) is 9.47 Å².